The number of hydrogen-bond acceptors (Lipinski definition) is 8. The molecule has 0 saturated heterocycles. The van der Waals surface area contributed by atoms with Gasteiger partial charge in [-0.3, -0.25) is 14.4 Å². The molecule has 1 aromatic heterocycles. The fourth-order valence-corrected chi connectivity index (χ4v) is 6.34. The highest BCUT2D eigenvalue weighted by Crippen LogP contribution is 2.42. The molecule has 9 nitrogen and oxygen atoms in total. The zero-order chi connectivity index (χ0) is 32.4. The number of ether oxygens (including phenoxy) is 2. The number of carbonyl (C=O) groups is 3. The largest absolute Gasteiger partial charge is 0.496 e. The maximum absolute atomic E-state index is 14.0. The van der Waals surface area contributed by atoms with E-state index in [0.29, 0.717) is 46.1 Å². The third kappa shape index (κ3) is 7.52. The summed E-state index contributed by atoms with van der Waals surface area (Å²) in [6, 6.07) is 5.66. The van der Waals surface area contributed by atoms with Crippen molar-refractivity contribution in [2.45, 2.75) is 59.1 Å². The first kappa shape index (κ1) is 33.3. The minimum atomic E-state index is -1.28. The molecule has 12 heteroatoms. The van der Waals surface area contributed by atoms with Crippen molar-refractivity contribution in [3.63, 3.8) is 0 Å². The van der Waals surface area contributed by atoms with Gasteiger partial charge >= 0.3 is 5.97 Å². The van der Waals surface area contributed by atoms with Crippen molar-refractivity contribution < 1.29 is 32.6 Å². The molecule has 0 saturated carbocycles. The molecule has 0 radical (unpaired) electrons. The standard InChI is InChI=1S/C32H40F2N4O5S/c1-8-38(10-9-37(5)6)29(40)21-13-24-26(14-25(21)42-7)44-27(36-24)18-35-30(41)32(17-28(39)43-31(2,3)4)15-19-11-22(33)23(34)12-20(19)16-32/h11-14H,8-10,15-18H2,1-7H3,(H,35,41). The van der Waals surface area contributed by atoms with Crippen LogP contribution in [-0.4, -0.2) is 79.0 Å². The molecule has 1 aliphatic rings. The smallest absolute Gasteiger partial charge is 0.307 e. The second-order valence-electron chi connectivity index (χ2n) is 12.4. The van der Waals surface area contributed by atoms with Gasteiger partial charge in [0.05, 0.1) is 41.3 Å². The van der Waals surface area contributed by atoms with Crippen LogP contribution in [0.4, 0.5) is 8.78 Å². The number of aromatic nitrogens is 1. The fourth-order valence-electron chi connectivity index (χ4n) is 5.42. The Morgan fingerprint density at radius 3 is 2.23 bits per heavy atom. The maximum Gasteiger partial charge on any atom is 0.307 e. The average Bonchev–Trinajstić information content (AvgIpc) is 3.50. The van der Waals surface area contributed by atoms with E-state index in [1.807, 2.05) is 25.9 Å². The first-order valence-corrected chi connectivity index (χ1v) is 15.3. The Labute approximate surface area is 260 Å². The molecule has 0 atom stereocenters. The Balaban J connectivity index is 1.56. The molecule has 0 fully saturated rings. The highest BCUT2D eigenvalue weighted by Gasteiger charge is 2.46. The zero-order valence-corrected chi connectivity index (χ0v) is 27.1. The Morgan fingerprint density at radius 2 is 1.68 bits per heavy atom. The quantitative estimate of drug-likeness (QED) is 0.306. The average molecular weight is 631 g/mol. The van der Waals surface area contributed by atoms with E-state index in [4.69, 9.17) is 9.47 Å². The Kier molecular flexibility index (Phi) is 9.94. The van der Waals surface area contributed by atoms with Crippen LogP contribution < -0.4 is 10.1 Å². The lowest BCUT2D eigenvalue weighted by Gasteiger charge is -2.28. The number of benzene rings is 2. The molecule has 0 unspecified atom stereocenters. The lowest BCUT2D eigenvalue weighted by atomic mass is 9.80. The van der Waals surface area contributed by atoms with Gasteiger partial charge in [-0.15, -0.1) is 11.3 Å². The third-order valence-electron chi connectivity index (χ3n) is 7.56. The lowest BCUT2D eigenvalue weighted by molar-refractivity contribution is -0.160. The summed E-state index contributed by atoms with van der Waals surface area (Å²) in [6.45, 7) is 9.00. The molecule has 0 spiro atoms. The minimum absolute atomic E-state index is 0.0584. The van der Waals surface area contributed by atoms with Gasteiger partial charge < -0.3 is 24.6 Å². The molecule has 1 N–H and O–H groups in total. The SMILES string of the molecule is CCN(CCN(C)C)C(=O)c1cc2nc(CNC(=O)C3(CC(=O)OC(C)(C)C)Cc4cc(F)c(F)cc4C3)sc2cc1OC. The fraction of sp³-hybridized carbons (Fsp3) is 0.500. The second kappa shape index (κ2) is 13.2. The van der Waals surface area contributed by atoms with Gasteiger partial charge in [-0.1, -0.05) is 0 Å². The molecular weight excluding hydrogens is 590 g/mol. The van der Waals surface area contributed by atoms with Crippen LogP contribution in [0.5, 0.6) is 5.75 Å². The summed E-state index contributed by atoms with van der Waals surface area (Å²) >= 11 is 1.34. The van der Waals surface area contributed by atoms with Crippen LogP contribution in [0.3, 0.4) is 0 Å². The number of nitrogens with zero attached hydrogens (tertiary/aromatic N) is 3. The van der Waals surface area contributed by atoms with Crippen LogP contribution in [0.2, 0.25) is 0 Å². The first-order valence-electron chi connectivity index (χ1n) is 14.5. The van der Waals surface area contributed by atoms with Crippen molar-refractivity contribution in [1.82, 2.24) is 20.1 Å². The van der Waals surface area contributed by atoms with Crippen molar-refractivity contribution in [3.05, 3.63) is 57.6 Å². The molecule has 0 bridgehead atoms. The molecule has 238 valence electrons. The van der Waals surface area contributed by atoms with Crippen LogP contribution in [0.1, 0.15) is 60.6 Å². The van der Waals surface area contributed by atoms with Gasteiger partial charge in [0.25, 0.3) is 5.91 Å². The molecule has 0 aliphatic heterocycles. The number of halogens is 2. The van der Waals surface area contributed by atoms with Crippen LogP contribution >= 0.6 is 11.3 Å². The Hall–Kier alpha value is -3.64. The number of likely N-dealkylation sites (N-methyl/N-ethyl adjacent to an activating group) is 2. The van der Waals surface area contributed by atoms with E-state index >= 15 is 0 Å². The van der Waals surface area contributed by atoms with E-state index in [1.54, 1.807) is 37.8 Å². The molecule has 2 amide bonds. The Morgan fingerprint density at radius 1 is 1.05 bits per heavy atom. The summed E-state index contributed by atoms with van der Waals surface area (Å²) in [7, 11) is 5.41. The Bertz CT molecular complexity index is 1540. The highest BCUT2D eigenvalue weighted by molar-refractivity contribution is 7.18. The summed E-state index contributed by atoms with van der Waals surface area (Å²) < 4.78 is 39.9. The van der Waals surface area contributed by atoms with Gasteiger partial charge in [0.15, 0.2) is 11.6 Å². The number of methoxy groups -OCH3 is 1. The lowest BCUT2D eigenvalue weighted by Crippen LogP contribution is -2.44. The predicted molar refractivity (Wildman–Crippen MR) is 165 cm³/mol. The summed E-state index contributed by atoms with van der Waals surface area (Å²) in [5.74, 6) is -2.73. The van der Waals surface area contributed by atoms with E-state index in [2.05, 4.69) is 10.3 Å². The minimum Gasteiger partial charge on any atom is -0.496 e. The van der Waals surface area contributed by atoms with Crippen LogP contribution in [-0.2, 0) is 33.7 Å². The van der Waals surface area contributed by atoms with E-state index in [9.17, 15) is 23.2 Å². The number of carbonyl (C=O) groups excluding carboxylic acids is 3. The maximum atomic E-state index is 14.0. The number of amides is 2. The number of thiazole rings is 1. The van der Waals surface area contributed by atoms with E-state index in [0.717, 1.165) is 23.4 Å². The monoisotopic (exact) mass is 630 g/mol. The summed E-state index contributed by atoms with van der Waals surface area (Å²) in [6.07, 6.45) is -0.123. The molecule has 1 aliphatic carbocycles. The number of rotatable bonds is 11. The summed E-state index contributed by atoms with van der Waals surface area (Å²) in [5, 5.41) is 3.48. The molecular formula is C32H40F2N4O5S. The van der Waals surface area contributed by atoms with Crippen LogP contribution in [0.25, 0.3) is 10.2 Å². The molecule has 1 heterocycles. The van der Waals surface area contributed by atoms with Gasteiger partial charge in [0.1, 0.15) is 16.4 Å². The third-order valence-corrected chi connectivity index (χ3v) is 8.57. The second-order valence-corrected chi connectivity index (χ2v) is 13.5. The predicted octanol–water partition coefficient (Wildman–Crippen LogP) is 4.74. The van der Waals surface area contributed by atoms with E-state index in [-0.39, 0.29) is 31.7 Å². The van der Waals surface area contributed by atoms with Crippen molar-refractivity contribution >= 4 is 39.3 Å². The van der Waals surface area contributed by atoms with Gasteiger partial charge in [-0.05, 0) is 84.0 Å². The first-order chi connectivity index (χ1) is 20.6. The molecule has 2 aromatic carbocycles. The number of hydrogen-bond donors (Lipinski definition) is 1. The molecule has 4 rings (SSSR count). The number of nitrogens with one attached hydrogen (secondary N) is 1. The normalized spacial score (nSPS) is 14.0. The van der Waals surface area contributed by atoms with Gasteiger partial charge in [0.2, 0.25) is 5.91 Å². The number of fused-ring (bicyclic) bond motifs is 2. The summed E-state index contributed by atoms with van der Waals surface area (Å²) in [5.41, 5.74) is -0.0742. The van der Waals surface area contributed by atoms with Crippen LogP contribution in [0, 0.1) is 17.0 Å². The van der Waals surface area contributed by atoms with Gasteiger partial charge in [-0.25, -0.2) is 13.8 Å². The van der Waals surface area contributed by atoms with Gasteiger partial charge in [-0.2, -0.15) is 0 Å². The topological polar surface area (TPSA) is 101 Å². The van der Waals surface area contributed by atoms with Crippen molar-refractivity contribution in [2.24, 2.45) is 5.41 Å². The zero-order valence-electron chi connectivity index (χ0n) is 26.3. The highest BCUT2D eigenvalue weighted by atomic mass is 32.1. The summed E-state index contributed by atoms with van der Waals surface area (Å²) in [4.78, 5) is 48.4. The van der Waals surface area contributed by atoms with Gasteiger partial charge in [0, 0.05) is 25.7 Å². The molecule has 44 heavy (non-hydrogen) atoms. The molecule has 3 aromatic rings. The van der Waals surface area contributed by atoms with Crippen molar-refractivity contribution in [1.29, 1.82) is 0 Å². The van der Waals surface area contributed by atoms with E-state index < -0.39 is 34.5 Å². The van der Waals surface area contributed by atoms with Crippen molar-refractivity contribution in [3.8, 4) is 5.75 Å². The van der Waals surface area contributed by atoms with Crippen molar-refractivity contribution in [2.75, 3.05) is 40.8 Å². The number of esters is 1. The van der Waals surface area contributed by atoms with Crippen LogP contribution in [0.15, 0.2) is 24.3 Å². The van der Waals surface area contributed by atoms with E-state index in [1.165, 1.54) is 18.4 Å².